The number of aromatic nitrogens is 3. The van der Waals surface area contributed by atoms with Crippen molar-refractivity contribution in [3.63, 3.8) is 0 Å². The summed E-state index contributed by atoms with van der Waals surface area (Å²) in [6, 6.07) is 2.94. The molecule has 1 N–H and O–H groups in total. The Balaban J connectivity index is 2.21. The van der Waals surface area contributed by atoms with Gasteiger partial charge < -0.3 is 9.84 Å². The second kappa shape index (κ2) is 4.01. The van der Waals surface area contributed by atoms with Gasteiger partial charge in [-0.3, -0.25) is 4.68 Å². The maximum absolute atomic E-state index is 10.7. The van der Waals surface area contributed by atoms with Crippen LogP contribution in [0.15, 0.2) is 30.7 Å². The maximum atomic E-state index is 10.7. The minimum atomic E-state index is -1.09. The van der Waals surface area contributed by atoms with E-state index >= 15 is 0 Å². The van der Waals surface area contributed by atoms with Crippen LogP contribution in [-0.2, 0) is 7.05 Å². The quantitative estimate of drug-likeness (QED) is 0.841. The Hall–Kier alpha value is -2.37. The molecule has 6 nitrogen and oxygen atoms in total. The zero-order chi connectivity index (χ0) is 11.5. The van der Waals surface area contributed by atoms with Crippen molar-refractivity contribution in [1.29, 1.82) is 0 Å². The highest BCUT2D eigenvalue weighted by molar-refractivity contribution is 5.85. The van der Waals surface area contributed by atoms with Crippen LogP contribution in [0, 0.1) is 0 Å². The third-order valence-corrected chi connectivity index (χ3v) is 1.87. The fraction of sp³-hybridized carbons (Fsp3) is 0.100. The highest BCUT2D eigenvalue weighted by Gasteiger charge is 2.06. The number of aryl methyl sites for hydroxylation is 1. The van der Waals surface area contributed by atoms with E-state index in [2.05, 4.69) is 10.1 Å². The highest BCUT2D eigenvalue weighted by Crippen LogP contribution is 2.20. The van der Waals surface area contributed by atoms with Crippen molar-refractivity contribution in [2.45, 2.75) is 0 Å². The van der Waals surface area contributed by atoms with Crippen LogP contribution in [0.1, 0.15) is 10.5 Å². The lowest BCUT2D eigenvalue weighted by Gasteiger charge is -2.02. The zero-order valence-electron chi connectivity index (χ0n) is 8.49. The van der Waals surface area contributed by atoms with Crippen LogP contribution in [0.3, 0.4) is 0 Å². The van der Waals surface area contributed by atoms with Gasteiger partial charge in [0.05, 0.1) is 12.4 Å². The summed E-state index contributed by atoms with van der Waals surface area (Å²) in [4.78, 5) is 14.4. The lowest BCUT2D eigenvalue weighted by Crippen LogP contribution is -1.99. The van der Waals surface area contributed by atoms with Crippen LogP contribution in [0.2, 0.25) is 0 Å². The summed E-state index contributed by atoms with van der Waals surface area (Å²) < 4.78 is 7.00. The molecule has 6 heteroatoms. The van der Waals surface area contributed by atoms with Gasteiger partial charge in [0.1, 0.15) is 5.75 Å². The van der Waals surface area contributed by atoms with Gasteiger partial charge in [-0.2, -0.15) is 5.10 Å². The minimum Gasteiger partial charge on any atom is -0.477 e. The summed E-state index contributed by atoms with van der Waals surface area (Å²) in [6.07, 6.45) is 4.61. The van der Waals surface area contributed by atoms with Crippen LogP contribution in [0.25, 0.3) is 0 Å². The first-order chi connectivity index (χ1) is 7.65. The molecular weight excluding hydrogens is 210 g/mol. The molecule has 0 amide bonds. The number of pyridine rings is 1. The summed E-state index contributed by atoms with van der Waals surface area (Å²) in [7, 11) is 1.77. The van der Waals surface area contributed by atoms with Crippen molar-refractivity contribution in [2.75, 3.05) is 0 Å². The first kappa shape index (κ1) is 10.2. The van der Waals surface area contributed by atoms with Crippen LogP contribution in [0.4, 0.5) is 0 Å². The summed E-state index contributed by atoms with van der Waals surface area (Å²) in [5.41, 5.74) is -0.0543. The van der Waals surface area contributed by atoms with Crippen molar-refractivity contribution in [3.8, 4) is 11.5 Å². The molecule has 0 fully saturated rings. The largest absolute Gasteiger partial charge is 0.477 e. The third-order valence-electron chi connectivity index (χ3n) is 1.87. The predicted molar refractivity (Wildman–Crippen MR) is 54.5 cm³/mol. The van der Waals surface area contributed by atoms with Crippen molar-refractivity contribution >= 4 is 5.97 Å². The second-order valence-electron chi connectivity index (χ2n) is 3.13. The Labute approximate surface area is 91.1 Å². The Morgan fingerprint density at radius 1 is 1.50 bits per heavy atom. The molecule has 0 aliphatic carbocycles. The molecule has 0 radical (unpaired) electrons. The molecule has 16 heavy (non-hydrogen) atoms. The molecule has 0 aliphatic heterocycles. The maximum Gasteiger partial charge on any atom is 0.354 e. The van der Waals surface area contributed by atoms with E-state index in [9.17, 15) is 4.79 Å². The zero-order valence-corrected chi connectivity index (χ0v) is 8.49. The molecule has 0 atom stereocenters. The monoisotopic (exact) mass is 219 g/mol. The molecule has 0 saturated heterocycles. The van der Waals surface area contributed by atoms with Crippen molar-refractivity contribution < 1.29 is 14.6 Å². The number of rotatable bonds is 3. The molecule has 2 aromatic rings. The number of nitrogens with zero attached hydrogens (tertiary/aromatic N) is 3. The summed E-state index contributed by atoms with van der Waals surface area (Å²) in [5.74, 6) is -0.123. The molecule has 0 unspecified atom stereocenters. The molecule has 0 aliphatic rings. The Morgan fingerprint density at radius 2 is 2.31 bits per heavy atom. The molecule has 0 saturated carbocycles. The molecular formula is C10H9N3O3. The Bertz CT molecular complexity index is 522. The highest BCUT2D eigenvalue weighted by atomic mass is 16.5. The van der Waals surface area contributed by atoms with Gasteiger partial charge in [-0.05, 0) is 6.07 Å². The average Bonchev–Trinajstić information content (AvgIpc) is 2.64. The van der Waals surface area contributed by atoms with E-state index in [1.807, 2.05) is 0 Å². The van der Waals surface area contributed by atoms with Crippen molar-refractivity contribution in [3.05, 3.63) is 36.4 Å². The summed E-state index contributed by atoms with van der Waals surface area (Å²) in [6.45, 7) is 0. The molecule has 2 rings (SSSR count). The summed E-state index contributed by atoms with van der Waals surface area (Å²) >= 11 is 0. The number of aromatic carboxylic acids is 1. The fourth-order valence-electron chi connectivity index (χ4n) is 1.18. The molecule has 0 spiro atoms. The minimum absolute atomic E-state index is 0.0543. The van der Waals surface area contributed by atoms with E-state index in [0.717, 1.165) is 0 Å². The number of carbonyl (C=O) groups is 1. The molecule has 2 aromatic heterocycles. The number of carboxylic acid groups (broad SMARTS) is 1. The Kier molecular flexibility index (Phi) is 2.55. The third kappa shape index (κ3) is 2.17. The second-order valence-corrected chi connectivity index (χ2v) is 3.13. The van der Waals surface area contributed by atoms with Crippen LogP contribution >= 0.6 is 0 Å². The van der Waals surface area contributed by atoms with Gasteiger partial charge in [-0.25, -0.2) is 9.78 Å². The standard InChI is InChI=1S/C10H9N3O3/c1-13-6-8(5-12-13)16-7-2-3-11-9(4-7)10(14)15/h2-6H,1H3,(H,14,15). The molecule has 82 valence electrons. The summed E-state index contributed by atoms with van der Waals surface area (Å²) in [5, 5.41) is 12.7. The van der Waals surface area contributed by atoms with Crippen LogP contribution < -0.4 is 4.74 Å². The van der Waals surface area contributed by atoms with Gasteiger partial charge in [-0.15, -0.1) is 0 Å². The lowest BCUT2D eigenvalue weighted by atomic mass is 10.3. The average molecular weight is 219 g/mol. The van der Waals surface area contributed by atoms with Crippen molar-refractivity contribution in [1.82, 2.24) is 14.8 Å². The van der Waals surface area contributed by atoms with Gasteiger partial charge >= 0.3 is 5.97 Å². The molecule has 0 aromatic carbocycles. The van der Waals surface area contributed by atoms with Gasteiger partial charge in [-0.1, -0.05) is 0 Å². The SMILES string of the molecule is Cn1cc(Oc2ccnc(C(=O)O)c2)cn1. The van der Waals surface area contributed by atoms with Gasteiger partial charge in [0.2, 0.25) is 0 Å². The predicted octanol–water partition coefficient (Wildman–Crippen LogP) is 1.31. The van der Waals surface area contributed by atoms with Crippen LogP contribution in [0.5, 0.6) is 11.5 Å². The van der Waals surface area contributed by atoms with E-state index < -0.39 is 5.97 Å². The lowest BCUT2D eigenvalue weighted by molar-refractivity contribution is 0.0690. The van der Waals surface area contributed by atoms with Gasteiger partial charge in [0, 0.05) is 19.3 Å². The topological polar surface area (TPSA) is 77.2 Å². The smallest absolute Gasteiger partial charge is 0.354 e. The van der Waals surface area contributed by atoms with Gasteiger partial charge in [0.25, 0.3) is 0 Å². The first-order valence-electron chi connectivity index (χ1n) is 4.51. The Morgan fingerprint density at radius 3 is 2.94 bits per heavy atom. The normalized spacial score (nSPS) is 10.1. The number of carboxylic acids is 1. The van der Waals surface area contributed by atoms with E-state index in [4.69, 9.17) is 9.84 Å². The van der Waals surface area contributed by atoms with E-state index in [1.54, 1.807) is 30.2 Å². The first-order valence-corrected chi connectivity index (χ1v) is 4.51. The number of hydrogen-bond acceptors (Lipinski definition) is 4. The van der Waals surface area contributed by atoms with Crippen molar-refractivity contribution in [2.24, 2.45) is 7.05 Å². The van der Waals surface area contributed by atoms with Crippen LogP contribution in [-0.4, -0.2) is 25.8 Å². The van der Waals surface area contributed by atoms with E-state index in [-0.39, 0.29) is 5.69 Å². The number of ether oxygens (including phenoxy) is 1. The number of hydrogen-bond donors (Lipinski definition) is 1. The van der Waals surface area contributed by atoms with E-state index in [1.165, 1.54) is 12.3 Å². The fourth-order valence-corrected chi connectivity index (χ4v) is 1.18. The molecule has 0 bridgehead atoms. The molecule has 2 heterocycles. The van der Waals surface area contributed by atoms with Gasteiger partial charge in [0.15, 0.2) is 11.4 Å². The van der Waals surface area contributed by atoms with E-state index in [0.29, 0.717) is 11.5 Å².